The minimum atomic E-state index is 0.00870. The average Bonchev–Trinajstić information content (AvgIpc) is 2.29. The highest BCUT2D eigenvalue weighted by Gasteiger charge is 2.11. The number of carbonyl (C=O) groups excluding carboxylic acids is 1. The largest absolute Gasteiger partial charge is 0.493 e. The van der Waals surface area contributed by atoms with Crippen molar-refractivity contribution in [2.24, 2.45) is 0 Å². The summed E-state index contributed by atoms with van der Waals surface area (Å²) >= 11 is 5.54. The van der Waals surface area contributed by atoms with Crippen LogP contribution in [0.1, 0.15) is 30.6 Å². The topological polar surface area (TPSA) is 35.5 Å². The Balaban J connectivity index is 2.95. The average molecular weight is 257 g/mol. The second-order valence-corrected chi connectivity index (χ2v) is 4.27. The third kappa shape index (κ3) is 3.93. The zero-order valence-electron chi connectivity index (χ0n) is 10.3. The molecule has 0 aliphatic heterocycles. The Bertz CT molecular complexity index is 388. The summed E-state index contributed by atoms with van der Waals surface area (Å²) in [7, 11) is 1.55. The van der Waals surface area contributed by atoms with Gasteiger partial charge in [0.05, 0.1) is 13.2 Å². The number of ether oxygens (including phenoxy) is 2. The number of halogens is 1. The molecule has 0 saturated carbocycles. The Morgan fingerprint density at radius 3 is 2.59 bits per heavy atom. The first-order valence-corrected chi connectivity index (χ1v) is 6.05. The molecule has 0 saturated heterocycles. The molecule has 0 fully saturated rings. The Morgan fingerprint density at radius 1 is 1.35 bits per heavy atom. The van der Waals surface area contributed by atoms with Gasteiger partial charge in [0, 0.05) is 17.9 Å². The molecule has 17 heavy (non-hydrogen) atoms. The molecule has 0 radical (unpaired) electrons. The molecule has 0 aliphatic rings. The zero-order valence-corrected chi connectivity index (χ0v) is 11.1. The Labute approximate surface area is 107 Å². The Hall–Kier alpha value is -1.22. The van der Waals surface area contributed by atoms with E-state index in [0.717, 1.165) is 0 Å². The van der Waals surface area contributed by atoms with Gasteiger partial charge in [-0.15, -0.1) is 11.6 Å². The second kappa shape index (κ2) is 6.50. The minimum absolute atomic E-state index is 0.00870. The number of Topliss-reactive ketones (excluding diaryl/α,β-unsaturated/α-hetero) is 1. The van der Waals surface area contributed by atoms with Crippen molar-refractivity contribution in [2.45, 2.75) is 26.4 Å². The molecule has 0 aliphatic carbocycles. The van der Waals surface area contributed by atoms with Gasteiger partial charge in [-0.05, 0) is 32.0 Å². The van der Waals surface area contributed by atoms with E-state index in [4.69, 9.17) is 21.1 Å². The van der Waals surface area contributed by atoms with Crippen molar-refractivity contribution in [1.82, 2.24) is 0 Å². The van der Waals surface area contributed by atoms with E-state index in [1.165, 1.54) is 0 Å². The number of alkyl halides is 1. The molecule has 1 rings (SSSR count). The van der Waals surface area contributed by atoms with Gasteiger partial charge in [-0.3, -0.25) is 4.79 Å². The maximum Gasteiger partial charge on any atom is 0.164 e. The van der Waals surface area contributed by atoms with E-state index in [0.29, 0.717) is 29.4 Å². The third-order valence-corrected chi connectivity index (χ3v) is 2.36. The molecule has 0 aromatic heterocycles. The zero-order chi connectivity index (χ0) is 12.8. The van der Waals surface area contributed by atoms with Crippen LogP contribution in [-0.2, 0) is 0 Å². The van der Waals surface area contributed by atoms with Crippen molar-refractivity contribution >= 4 is 17.4 Å². The van der Waals surface area contributed by atoms with E-state index in [-0.39, 0.29) is 11.9 Å². The smallest absolute Gasteiger partial charge is 0.164 e. The lowest BCUT2D eigenvalue weighted by Crippen LogP contribution is -2.07. The van der Waals surface area contributed by atoms with E-state index in [9.17, 15) is 4.79 Å². The van der Waals surface area contributed by atoms with Crippen LogP contribution in [0.5, 0.6) is 11.5 Å². The summed E-state index contributed by atoms with van der Waals surface area (Å²) in [5.41, 5.74) is 0.596. The van der Waals surface area contributed by atoms with Crippen LogP contribution < -0.4 is 9.47 Å². The van der Waals surface area contributed by atoms with Gasteiger partial charge < -0.3 is 9.47 Å². The van der Waals surface area contributed by atoms with Crippen molar-refractivity contribution in [3.05, 3.63) is 23.8 Å². The highest BCUT2D eigenvalue weighted by atomic mass is 35.5. The molecular weight excluding hydrogens is 240 g/mol. The van der Waals surface area contributed by atoms with Crippen LogP contribution in [0.3, 0.4) is 0 Å². The molecule has 0 amide bonds. The van der Waals surface area contributed by atoms with Crippen molar-refractivity contribution in [1.29, 1.82) is 0 Å². The lowest BCUT2D eigenvalue weighted by atomic mass is 10.1. The van der Waals surface area contributed by atoms with Crippen molar-refractivity contribution in [3.63, 3.8) is 0 Å². The predicted octanol–water partition coefficient (Wildman–Crippen LogP) is 3.29. The van der Waals surface area contributed by atoms with Gasteiger partial charge >= 0.3 is 0 Å². The minimum Gasteiger partial charge on any atom is -0.493 e. The normalized spacial score (nSPS) is 10.4. The van der Waals surface area contributed by atoms with E-state index < -0.39 is 0 Å². The number of rotatable bonds is 6. The van der Waals surface area contributed by atoms with Crippen molar-refractivity contribution in [3.8, 4) is 11.5 Å². The number of carbonyl (C=O) groups is 1. The summed E-state index contributed by atoms with van der Waals surface area (Å²) in [6, 6.07) is 5.17. The molecule has 0 unspecified atom stereocenters. The van der Waals surface area contributed by atoms with Crippen LogP contribution in [-0.4, -0.2) is 24.9 Å². The third-order valence-electron chi connectivity index (χ3n) is 2.17. The summed E-state index contributed by atoms with van der Waals surface area (Å²) in [4.78, 5) is 11.7. The maximum atomic E-state index is 11.7. The fourth-order valence-electron chi connectivity index (χ4n) is 1.42. The molecule has 0 N–H and O–H groups in total. The molecule has 94 valence electrons. The molecular formula is C13H17ClO3. The summed E-state index contributed by atoms with van der Waals surface area (Å²) < 4.78 is 10.8. The molecule has 0 bridgehead atoms. The molecule has 0 spiro atoms. The van der Waals surface area contributed by atoms with Crippen LogP contribution >= 0.6 is 11.6 Å². The van der Waals surface area contributed by atoms with Gasteiger partial charge in [0.1, 0.15) is 0 Å². The lowest BCUT2D eigenvalue weighted by molar-refractivity contribution is 0.0989. The second-order valence-electron chi connectivity index (χ2n) is 3.89. The van der Waals surface area contributed by atoms with Crippen molar-refractivity contribution in [2.75, 3.05) is 13.0 Å². The van der Waals surface area contributed by atoms with Gasteiger partial charge in [-0.1, -0.05) is 0 Å². The van der Waals surface area contributed by atoms with Crippen molar-refractivity contribution < 1.29 is 14.3 Å². The first-order valence-electron chi connectivity index (χ1n) is 5.52. The van der Waals surface area contributed by atoms with Gasteiger partial charge in [-0.2, -0.15) is 0 Å². The Morgan fingerprint density at radius 2 is 2.06 bits per heavy atom. The summed E-state index contributed by atoms with van der Waals surface area (Å²) in [5, 5.41) is 0. The molecule has 1 aromatic carbocycles. The van der Waals surface area contributed by atoms with Crippen LogP contribution in [0.15, 0.2) is 18.2 Å². The highest BCUT2D eigenvalue weighted by molar-refractivity contribution is 6.19. The first kappa shape index (κ1) is 13.8. The quantitative estimate of drug-likeness (QED) is 0.579. The highest BCUT2D eigenvalue weighted by Crippen LogP contribution is 2.29. The van der Waals surface area contributed by atoms with Gasteiger partial charge in [0.2, 0.25) is 0 Å². The number of hydrogen-bond donors (Lipinski definition) is 0. The van der Waals surface area contributed by atoms with Gasteiger partial charge in [0.15, 0.2) is 17.3 Å². The van der Waals surface area contributed by atoms with E-state index in [1.54, 1.807) is 25.3 Å². The maximum absolute atomic E-state index is 11.7. The number of benzene rings is 1. The standard InChI is InChI=1S/C13H17ClO3/c1-9(2)17-12-5-4-10(8-13(12)16-3)11(15)6-7-14/h4-5,8-9H,6-7H2,1-3H3. The first-order chi connectivity index (χ1) is 8.08. The fraction of sp³-hybridized carbons (Fsp3) is 0.462. The predicted molar refractivity (Wildman–Crippen MR) is 68.4 cm³/mol. The van der Waals surface area contributed by atoms with E-state index in [1.807, 2.05) is 13.8 Å². The lowest BCUT2D eigenvalue weighted by Gasteiger charge is -2.14. The van der Waals surface area contributed by atoms with Gasteiger partial charge in [0.25, 0.3) is 0 Å². The van der Waals surface area contributed by atoms with Crippen LogP contribution in [0.4, 0.5) is 0 Å². The van der Waals surface area contributed by atoms with E-state index in [2.05, 4.69) is 0 Å². The summed E-state index contributed by atoms with van der Waals surface area (Å²) in [6.07, 6.45) is 0.392. The van der Waals surface area contributed by atoms with Crippen LogP contribution in [0.25, 0.3) is 0 Å². The molecule has 4 heteroatoms. The molecule has 0 heterocycles. The van der Waals surface area contributed by atoms with E-state index >= 15 is 0 Å². The number of ketones is 1. The van der Waals surface area contributed by atoms with Crippen LogP contribution in [0.2, 0.25) is 0 Å². The number of hydrogen-bond acceptors (Lipinski definition) is 3. The molecule has 3 nitrogen and oxygen atoms in total. The Kier molecular flexibility index (Phi) is 5.29. The molecule has 1 aromatic rings. The fourth-order valence-corrected chi connectivity index (χ4v) is 1.59. The number of methoxy groups -OCH3 is 1. The summed E-state index contributed by atoms with van der Waals surface area (Å²) in [6.45, 7) is 3.87. The van der Waals surface area contributed by atoms with Gasteiger partial charge in [-0.25, -0.2) is 0 Å². The SMILES string of the molecule is COc1cc(C(=O)CCCl)ccc1OC(C)C. The summed E-state index contributed by atoms with van der Waals surface area (Å²) in [5.74, 6) is 1.55. The van der Waals surface area contributed by atoms with Crippen LogP contribution in [0, 0.1) is 0 Å². The molecule has 0 atom stereocenters. The monoisotopic (exact) mass is 256 g/mol.